The summed E-state index contributed by atoms with van der Waals surface area (Å²) >= 11 is 0. The van der Waals surface area contributed by atoms with Gasteiger partial charge < -0.3 is 9.47 Å². The van der Waals surface area contributed by atoms with Crippen molar-refractivity contribution in [1.29, 1.82) is 0 Å². The van der Waals surface area contributed by atoms with Crippen LogP contribution in [0.15, 0.2) is 30.3 Å². The number of Topliss-reactive ketones (excluding diaryl/α,β-unsaturated/α-hetero) is 1. The van der Waals surface area contributed by atoms with E-state index < -0.39 is 6.10 Å². The molecule has 0 unspecified atom stereocenters. The Kier molecular flexibility index (Phi) is 4.10. The summed E-state index contributed by atoms with van der Waals surface area (Å²) in [5.41, 5.74) is 1.01. The fraction of sp³-hybridized carbons (Fsp3) is 0.429. The van der Waals surface area contributed by atoms with Crippen molar-refractivity contribution in [3.63, 3.8) is 0 Å². The third kappa shape index (κ3) is 2.96. The van der Waals surface area contributed by atoms with Gasteiger partial charge in [0.05, 0.1) is 13.2 Å². The minimum atomic E-state index is -0.477. The van der Waals surface area contributed by atoms with E-state index in [2.05, 4.69) is 4.74 Å². The molecule has 0 bridgehead atoms. The van der Waals surface area contributed by atoms with Crippen LogP contribution >= 0.6 is 0 Å². The fourth-order valence-electron chi connectivity index (χ4n) is 2.08. The minimum Gasteiger partial charge on any atom is -0.469 e. The number of ketones is 1. The lowest BCUT2D eigenvalue weighted by atomic mass is 10.0. The molecule has 0 aromatic heterocycles. The Morgan fingerprint density at radius 2 is 2.11 bits per heavy atom. The third-order valence-corrected chi connectivity index (χ3v) is 3.08. The molecular formula is C14H16O4. The number of ether oxygens (including phenoxy) is 2. The van der Waals surface area contributed by atoms with Crippen LogP contribution in [0, 0.1) is 0 Å². The third-order valence-electron chi connectivity index (χ3n) is 3.08. The average molecular weight is 248 g/mol. The molecule has 1 aliphatic rings. The molecule has 0 saturated carbocycles. The van der Waals surface area contributed by atoms with Gasteiger partial charge in [-0.25, -0.2) is 0 Å². The van der Waals surface area contributed by atoms with Gasteiger partial charge in [0.25, 0.3) is 0 Å². The molecule has 1 aromatic carbocycles. The van der Waals surface area contributed by atoms with E-state index in [1.807, 2.05) is 30.3 Å². The number of methoxy groups -OCH3 is 1. The van der Waals surface area contributed by atoms with Crippen molar-refractivity contribution in [2.75, 3.05) is 7.11 Å². The second-order valence-corrected chi connectivity index (χ2v) is 4.31. The Hall–Kier alpha value is -1.68. The summed E-state index contributed by atoms with van der Waals surface area (Å²) in [6, 6.07) is 9.66. The number of esters is 1. The molecule has 1 fully saturated rings. The first-order chi connectivity index (χ1) is 8.70. The normalized spacial score (nSPS) is 23.1. The van der Waals surface area contributed by atoms with Crippen LogP contribution in [-0.2, 0) is 19.1 Å². The zero-order valence-corrected chi connectivity index (χ0v) is 10.3. The molecule has 2 atom stereocenters. The first kappa shape index (κ1) is 12.8. The molecule has 0 N–H and O–H groups in total. The summed E-state index contributed by atoms with van der Waals surface area (Å²) in [6.45, 7) is 0. The van der Waals surface area contributed by atoms with Gasteiger partial charge in [-0.15, -0.1) is 0 Å². The van der Waals surface area contributed by atoms with Crippen LogP contribution in [0.1, 0.15) is 30.9 Å². The Morgan fingerprint density at radius 3 is 2.78 bits per heavy atom. The first-order valence-corrected chi connectivity index (χ1v) is 6.00. The Balaban J connectivity index is 1.93. The largest absolute Gasteiger partial charge is 0.469 e. The second kappa shape index (κ2) is 5.78. The summed E-state index contributed by atoms with van der Waals surface area (Å²) in [7, 11) is 1.34. The van der Waals surface area contributed by atoms with E-state index in [4.69, 9.17) is 4.74 Å². The van der Waals surface area contributed by atoms with Gasteiger partial charge >= 0.3 is 5.97 Å². The SMILES string of the molecule is COC(=O)CC[C@H]1O[C@H](c2ccccc2)CC1=O. The number of hydrogen-bond acceptors (Lipinski definition) is 4. The van der Waals surface area contributed by atoms with E-state index in [1.54, 1.807) is 0 Å². The van der Waals surface area contributed by atoms with Crippen LogP contribution < -0.4 is 0 Å². The van der Waals surface area contributed by atoms with Crippen LogP contribution in [0.25, 0.3) is 0 Å². The molecule has 18 heavy (non-hydrogen) atoms. The first-order valence-electron chi connectivity index (χ1n) is 6.00. The molecule has 1 aromatic rings. The van der Waals surface area contributed by atoms with E-state index in [9.17, 15) is 9.59 Å². The van der Waals surface area contributed by atoms with E-state index in [0.29, 0.717) is 12.8 Å². The predicted molar refractivity (Wildman–Crippen MR) is 64.9 cm³/mol. The van der Waals surface area contributed by atoms with Crippen LogP contribution in [0.5, 0.6) is 0 Å². The molecule has 2 rings (SSSR count). The predicted octanol–water partition coefficient (Wildman–Crippen LogP) is 2.04. The van der Waals surface area contributed by atoms with Gasteiger partial charge in [-0.05, 0) is 12.0 Å². The van der Waals surface area contributed by atoms with Crippen molar-refractivity contribution in [3.05, 3.63) is 35.9 Å². The summed E-state index contributed by atoms with van der Waals surface area (Å²) in [5.74, 6) is -0.248. The van der Waals surface area contributed by atoms with E-state index in [1.165, 1.54) is 7.11 Å². The van der Waals surface area contributed by atoms with Gasteiger partial charge in [-0.1, -0.05) is 30.3 Å². The van der Waals surface area contributed by atoms with Gasteiger partial charge in [-0.3, -0.25) is 9.59 Å². The number of benzene rings is 1. The fourth-order valence-corrected chi connectivity index (χ4v) is 2.08. The molecule has 0 aliphatic carbocycles. The topological polar surface area (TPSA) is 52.6 Å². The van der Waals surface area contributed by atoms with Gasteiger partial charge in [0.2, 0.25) is 0 Å². The van der Waals surface area contributed by atoms with Gasteiger partial charge in [-0.2, -0.15) is 0 Å². The number of rotatable bonds is 4. The highest BCUT2D eigenvalue weighted by Gasteiger charge is 2.34. The smallest absolute Gasteiger partial charge is 0.305 e. The molecule has 4 nitrogen and oxygen atoms in total. The lowest BCUT2D eigenvalue weighted by Crippen LogP contribution is -2.17. The van der Waals surface area contributed by atoms with E-state index in [-0.39, 0.29) is 24.3 Å². The molecular weight excluding hydrogens is 232 g/mol. The lowest BCUT2D eigenvalue weighted by molar-refractivity contribution is -0.141. The molecule has 4 heteroatoms. The minimum absolute atomic E-state index is 0.0627. The quantitative estimate of drug-likeness (QED) is 0.765. The van der Waals surface area contributed by atoms with Gasteiger partial charge in [0.15, 0.2) is 5.78 Å². The lowest BCUT2D eigenvalue weighted by Gasteiger charge is -2.12. The molecule has 0 radical (unpaired) electrons. The van der Waals surface area contributed by atoms with Gasteiger partial charge in [0, 0.05) is 12.8 Å². The maximum atomic E-state index is 11.8. The van der Waals surface area contributed by atoms with Crippen molar-refractivity contribution in [2.45, 2.75) is 31.5 Å². The molecule has 0 amide bonds. The summed E-state index contributed by atoms with van der Waals surface area (Å²) < 4.78 is 10.2. The van der Waals surface area contributed by atoms with Crippen molar-refractivity contribution in [1.82, 2.24) is 0 Å². The molecule has 1 saturated heterocycles. The summed E-state index contributed by atoms with van der Waals surface area (Å²) in [5, 5.41) is 0. The van der Waals surface area contributed by atoms with Crippen LogP contribution in [-0.4, -0.2) is 25.0 Å². The average Bonchev–Trinajstić information content (AvgIpc) is 2.78. The Labute approximate surface area is 106 Å². The Morgan fingerprint density at radius 1 is 1.39 bits per heavy atom. The molecule has 1 aliphatic heterocycles. The Bertz CT molecular complexity index is 427. The maximum absolute atomic E-state index is 11.8. The highest BCUT2D eigenvalue weighted by Crippen LogP contribution is 2.31. The van der Waals surface area contributed by atoms with Crippen molar-refractivity contribution in [2.24, 2.45) is 0 Å². The van der Waals surface area contributed by atoms with Crippen LogP contribution in [0.4, 0.5) is 0 Å². The van der Waals surface area contributed by atoms with Crippen LogP contribution in [0.3, 0.4) is 0 Å². The van der Waals surface area contributed by atoms with Crippen LogP contribution in [0.2, 0.25) is 0 Å². The summed E-state index contributed by atoms with van der Waals surface area (Å²) in [6.07, 6.45) is 0.342. The highest BCUT2D eigenvalue weighted by molar-refractivity contribution is 5.86. The molecule has 0 spiro atoms. The number of hydrogen-bond donors (Lipinski definition) is 0. The maximum Gasteiger partial charge on any atom is 0.305 e. The van der Waals surface area contributed by atoms with E-state index in [0.717, 1.165) is 5.56 Å². The monoisotopic (exact) mass is 248 g/mol. The zero-order valence-electron chi connectivity index (χ0n) is 10.3. The zero-order chi connectivity index (χ0) is 13.0. The van der Waals surface area contributed by atoms with Crippen molar-refractivity contribution < 1.29 is 19.1 Å². The van der Waals surface area contributed by atoms with Gasteiger partial charge in [0.1, 0.15) is 6.10 Å². The molecule has 96 valence electrons. The number of carbonyl (C=O) groups excluding carboxylic acids is 2. The van der Waals surface area contributed by atoms with Crippen molar-refractivity contribution in [3.8, 4) is 0 Å². The summed E-state index contributed by atoms with van der Waals surface area (Å²) in [4.78, 5) is 22.8. The van der Waals surface area contributed by atoms with E-state index >= 15 is 0 Å². The second-order valence-electron chi connectivity index (χ2n) is 4.31. The highest BCUT2D eigenvalue weighted by atomic mass is 16.5. The van der Waals surface area contributed by atoms with Crippen molar-refractivity contribution >= 4 is 11.8 Å². The number of carbonyl (C=O) groups is 2. The molecule has 1 heterocycles. The standard InChI is InChI=1S/C14H16O4/c1-17-14(16)8-7-12-11(15)9-13(18-12)10-5-3-2-4-6-10/h2-6,12-13H,7-9H2,1H3/t12-,13+/m1/s1.